The number of rotatable bonds is 8. The third kappa shape index (κ3) is 6.97. The number of halogens is 2. The summed E-state index contributed by atoms with van der Waals surface area (Å²) in [4.78, 5) is 6.86. The highest BCUT2D eigenvalue weighted by molar-refractivity contribution is 6.00. The molecule has 0 saturated carbocycles. The van der Waals surface area contributed by atoms with Crippen LogP contribution in [0.25, 0.3) is 0 Å². The Kier molecular flexibility index (Phi) is 8.58. The smallest absolute Gasteiger partial charge is 0.270 e. The van der Waals surface area contributed by atoms with Crippen LogP contribution in [0.2, 0.25) is 0 Å². The molecule has 3 nitrogen and oxygen atoms in total. The average Bonchev–Trinajstić information content (AvgIpc) is 2.93. The molecule has 0 aromatic heterocycles. The summed E-state index contributed by atoms with van der Waals surface area (Å²) in [6.45, 7) is 14.9. The lowest BCUT2D eigenvalue weighted by atomic mass is 9.98. The van der Waals surface area contributed by atoms with Gasteiger partial charge in [-0.3, -0.25) is 0 Å². The Morgan fingerprint density at radius 2 is 2.00 bits per heavy atom. The van der Waals surface area contributed by atoms with Gasteiger partial charge in [-0.05, 0) is 44.2 Å². The van der Waals surface area contributed by atoms with Crippen LogP contribution in [0.1, 0.15) is 45.6 Å². The normalized spacial score (nSPS) is 17.8. The van der Waals surface area contributed by atoms with Gasteiger partial charge >= 0.3 is 0 Å². The second kappa shape index (κ2) is 10.9. The molecule has 1 aromatic rings. The Labute approximate surface area is 179 Å². The highest BCUT2D eigenvalue weighted by atomic mass is 19.3. The van der Waals surface area contributed by atoms with Crippen LogP contribution in [-0.2, 0) is 5.92 Å². The molecule has 0 bridgehead atoms. The van der Waals surface area contributed by atoms with Crippen molar-refractivity contribution in [3.05, 3.63) is 78.7 Å². The zero-order valence-electron chi connectivity index (χ0n) is 18.3. The summed E-state index contributed by atoms with van der Waals surface area (Å²) in [6, 6.07) is 6.15. The molecule has 1 aromatic carbocycles. The maximum atomic E-state index is 13.5. The van der Waals surface area contributed by atoms with Gasteiger partial charge < -0.3 is 10.2 Å². The fourth-order valence-corrected chi connectivity index (χ4v) is 3.37. The number of nitrogens with one attached hydrogen (secondary N) is 1. The molecule has 162 valence electrons. The predicted molar refractivity (Wildman–Crippen MR) is 124 cm³/mol. The molecule has 1 unspecified atom stereocenters. The third-order valence-corrected chi connectivity index (χ3v) is 5.08. The van der Waals surface area contributed by atoms with E-state index in [-0.39, 0.29) is 5.56 Å². The molecule has 1 atom stereocenters. The summed E-state index contributed by atoms with van der Waals surface area (Å²) in [5, 5.41) is 3.23. The Hall–Kier alpha value is -2.69. The fourth-order valence-electron chi connectivity index (χ4n) is 3.37. The van der Waals surface area contributed by atoms with E-state index in [1.165, 1.54) is 17.7 Å². The van der Waals surface area contributed by atoms with E-state index >= 15 is 0 Å². The number of hydrogen-bond donors (Lipinski definition) is 1. The summed E-state index contributed by atoms with van der Waals surface area (Å²) in [7, 11) is 0. The molecule has 0 fully saturated rings. The van der Waals surface area contributed by atoms with Crippen LogP contribution < -0.4 is 5.32 Å². The van der Waals surface area contributed by atoms with Gasteiger partial charge in [0.2, 0.25) is 0 Å². The van der Waals surface area contributed by atoms with Crippen molar-refractivity contribution in [1.82, 2.24) is 4.90 Å². The highest BCUT2D eigenvalue weighted by Gasteiger charge is 2.24. The molecule has 1 N–H and O–H groups in total. The number of anilines is 1. The zero-order valence-corrected chi connectivity index (χ0v) is 18.3. The summed E-state index contributed by atoms with van der Waals surface area (Å²) in [5.74, 6) is -1.73. The van der Waals surface area contributed by atoms with Crippen LogP contribution in [0, 0.1) is 5.92 Å². The lowest BCUT2D eigenvalue weighted by Gasteiger charge is -2.29. The third-order valence-electron chi connectivity index (χ3n) is 5.08. The van der Waals surface area contributed by atoms with E-state index in [4.69, 9.17) is 0 Å². The van der Waals surface area contributed by atoms with E-state index in [0.717, 1.165) is 45.1 Å². The molecule has 0 saturated heterocycles. The summed E-state index contributed by atoms with van der Waals surface area (Å²) < 4.78 is 26.9. The SMILES string of the molecule is C=C(CC)CC1C=CCCN(/C(=N/C=C\C)C(=C)Nc2ccc(C(C)(F)F)cc2)C1. The summed E-state index contributed by atoms with van der Waals surface area (Å²) in [6.07, 6.45) is 11.0. The predicted octanol–water partition coefficient (Wildman–Crippen LogP) is 6.89. The maximum absolute atomic E-state index is 13.5. The number of nitrogens with zero attached hydrogens (tertiary/aromatic N) is 2. The monoisotopic (exact) mass is 413 g/mol. The minimum atomic E-state index is -2.86. The minimum absolute atomic E-state index is 0.0148. The fraction of sp³-hybridized carbons (Fsp3) is 0.400. The minimum Gasteiger partial charge on any atom is -0.354 e. The Bertz CT molecular complexity index is 814. The average molecular weight is 414 g/mol. The summed E-state index contributed by atoms with van der Waals surface area (Å²) in [5.41, 5.74) is 2.56. The van der Waals surface area contributed by atoms with E-state index in [0.29, 0.717) is 17.3 Å². The van der Waals surface area contributed by atoms with E-state index < -0.39 is 5.92 Å². The Morgan fingerprint density at radius 1 is 1.30 bits per heavy atom. The van der Waals surface area contributed by atoms with Crippen molar-refractivity contribution >= 4 is 11.5 Å². The van der Waals surface area contributed by atoms with Crippen LogP contribution in [0.3, 0.4) is 0 Å². The molecular formula is C25H33F2N3. The standard InChI is InChI=1S/C25H33F2N3/c1-6-15-28-24(30-16-9-8-10-21(18-30)17-19(3)7-2)20(4)29-23-13-11-22(12-14-23)25(5,26)27/h6,8,10-15,21,29H,3-4,7,9,16-18H2,1-2,5H3/b15-6-,28-24+. The van der Waals surface area contributed by atoms with Crippen molar-refractivity contribution in [2.75, 3.05) is 18.4 Å². The van der Waals surface area contributed by atoms with Gasteiger partial charge in [0.25, 0.3) is 5.92 Å². The molecule has 30 heavy (non-hydrogen) atoms. The molecule has 1 heterocycles. The molecular weight excluding hydrogens is 380 g/mol. The topological polar surface area (TPSA) is 27.6 Å². The lowest BCUT2D eigenvalue weighted by molar-refractivity contribution is 0.0175. The molecule has 0 spiro atoms. The van der Waals surface area contributed by atoms with Gasteiger partial charge in [0.15, 0.2) is 5.84 Å². The van der Waals surface area contributed by atoms with Crippen molar-refractivity contribution < 1.29 is 8.78 Å². The second-order valence-corrected chi connectivity index (χ2v) is 7.73. The number of hydrogen-bond acceptors (Lipinski definition) is 2. The van der Waals surface area contributed by atoms with E-state index in [9.17, 15) is 8.78 Å². The molecule has 1 aliphatic heterocycles. The van der Waals surface area contributed by atoms with Crippen LogP contribution in [0.15, 0.2) is 78.1 Å². The van der Waals surface area contributed by atoms with Crippen molar-refractivity contribution in [1.29, 1.82) is 0 Å². The van der Waals surface area contributed by atoms with Gasteiger partial charge in [-0.15, -0.1) is 0 Å². The van der Waals surface area contributed by atoms with E-state index in [1.54, 1.807) is 18.3 Å². The second-order valence-electron chi connectivity index (χ2n) is 7.73. The van der Waals surface area contributed by atoms with Crippen molar-refractivity contribution in [3.63, 3.8) is 0 Å². The van der Waals surface area contributed by atoms with Crippen LogP contribution in [-0.4, -0.2) is 23.8 Å². The Balaban J connectivity index is 2.18. The molecule has 5 heteroatoms. The maximum Gasteiger partial charge on any atom is 0.270 e. The number of alkyl halides is 2. The lowest BCUT2D eigenvalue weighted by Crippen LogP contribution is -2.37. The number of amidine groups is 1. The van der Waals surface area contributed by atoms with Crippen molar-refractivity contribution in [2.24, 2.45) is 10.9 Å². The summed E-state index contributed by atoms with van der Waals surface area (Å²) >= 11 is 0. The van der Waals surface area contributed by atoms with Crippen LogP contribution in [0.4, 0.5) is 14.5 Å². The van der Waals surface area contributed by atoms with Gasteiger partial charge in [-0.1, -0.05) is 56.0 Å². The van der Waals surface area contributed by atoms with Gasteiger partial charge in [0.05, 0.1) is 5.70 Å². The van der Waals surface area contributed by atoms with Gasteiger partial charge in [-0.25, -0.2) is 13.8 Å². The van der Waals surface area contributed by atoms with Crippen molar-refractivity contribution in [2.45, 2.75) is 46.0 Å². The first-order valence-electron chi connectivity index (χ1n) is 10.5. The Morgan fingerprint density at radius 3 is 2.60 bits per heavy atom. The van der Waals surface area contributed by atoms with E-state index in [1.807, 2.05) is 13.0 Å². The first kappa shape index (κ1) is 23.6. The molecule has 0 amide bonds. The molecule has 1 aliphatic rings. The molecule has 0 radical (unpaired) electrons. The van der Waals surface area contributed by atoms with Gasteiger partial charge in [0, 0.05) is 37.5 Å². The largest absolute Gasteiger partial charge is 0.354 e. The number of allylic oxidation sites excluding steroid dienone is 2. The van der Waals surface area contributed by atoms with Gasteiger partial charge in [0.1, 0.15) is 0 Å². The quantitative estimate of drug-likeness (QED) is 0.285. The van der Waals surface area contributed by atoms with Crippen molar-refractivity contribution in [3.8, 4) is 0 Å². The first-order chi connectivity index (χ1) is 14.2. The molecule has 2 rings (SSSR count). The highest BCUT2D eigenvalue weighted by Crippen LogP contribution is 2.28. The number of aliphatic imine (C=N–C) groups is 1. The zero-order chi connectivity index (χ0) is 22.1. The van der Waals surface area contributed by atoms with Crippen LogP contribution in [0.5, 0.6) is 0 Å². The number of benzene rings is 1. The van der Waals surface area contributed by atoms with Crippen LogP contribution >= 0.6 is 0 Å². The molecule has 0 aliphatic carbocycles. The first-order valence-corrected chi connectivity index (χ1v) is 10.5. The van der Waals surface area contributed by atoms with E-state index in [2.05, 4.69) is 47.4 Å². The van der Waals surface area contributed by atoms with Gasteiger partial charge in [-0.2, -0.15) is 0 Å².